The maximum absolute atomic E-state index is 4.77. The third-order valence-electron chi connectivity index (χ3n) is 4.74. The minimum Gasteiger partial charge on any atom is -0.357 e. The van der Waals surface area contributed by atoms with E-state index in [0.29, 0.717) is 6.04 Å². The molecule has 0 spiro atoms. The van der Waals surface area contributed by atoms with Crippen LogP contribution in [0.5, 0.6) is 0 Å². The molecule has 25 heavy (non-hydrogen) atoms. The Kier molecular flexibility index (Phi) is 15.0. The SMILES string of the molecule is CCNC(=NCCN1CCN(CC)CC1)NC(C)CCCC(C)C.I. The normalized spacial score (nSPS) is 18.1. The molecule has 0 aromatic carbocycles. The van der Waals surface area contributed by atoms with Crippen LogP contribution in [-0.2, 0) is 0 Å². The zero-order chi connectivity index (χ0) is 17.8. The molecule has 5 nitrogen and oxygen atoms in total. The lowest BCUT2D eigenvalue weighted by atomic mass is 10.0. The van der Waals surface area contributed by atoms with Crippen molar-refractivity contribution in [1.29, 1.82) is 0 Å². The van der Waals surface area contributed by atoms with Gasteiger partial charge in [0.1, 0.15) is 0 Å². The number of piperazine rings is 1. The highest BCUT2D eigenvalue weighted by Gasteiger charge is 2.14. The van der Waals surface area contributed by atoms with Crippen LogP contribution in [0.15, 0.2) is 4.99 Å². The Labute approximate surface area is 173 Å². The van der Waals surface area contributed by atoms with Gasteiger partial charge in [-0.15, -0.1) is 24.0 Å². The summed E-state index contributed by atoms with van der Waals surface area (Å²) in [6.45, 7) is 20.0. The van der Waals surface area contributed by atoms with E-state index in [1.165, 1.54) is 52.0 Å². The average molecular weight is 467 g/mol. The maximum Gasteiger partial charge on any atom is 0.191 e. The van der Waals surface area contributed by atoms with Crippen LogP contribution in [0.1, 0.15) is 53.9 Å². The van der Waals surface area contributed by atoms with Crippen LogP contribution < -0.4 is 10.6 Å². The number of nitrogens with zero attached hydrogens (tertiary/aromatic N) is 3. The lowest BCUT2D eigenvalue weighted by Gasteiger charge is -2.33. The molecular weight excluding hydrogens is 425 g/mol. The van der Waals surface area contributed by atoms with Crippen LogP contribution in [0.4, 0.5) is 0 Å². The van der Waals surface area contributed by atoms with Crippen molar-refractivity contribution < 1.29 is 0 Å². The molecule has 1 aliphatic rings. The highest BCUT2D eigenvalue weighted by molar-refractivity contribution is 14.0. The highest BCUT2D eigenvalue weighted by atomic mass is 127. The second kappa shape index (κ2) is 15.0. The van der Waals surface area contributed by atoms with Gasteiger partial charge in [-0.1, -0.05) is 33.6 Å². The molecule has 0 bridgehead atoms. The third-order valence-corrected chi connectivity index (χ3v) is 4.74. The summed E-state index contributed by atoms with van der Waals surface area (Å²) in [7, 11) is 0. The molecule has 1 heterocycles. The van der Waals surface area contributed by atoms with Gasteiger partial charge in [0.2, 0.25) is 0 Å². The van der Waals surface area contributed by atoms with Crippen LogP contribution in [0.25, 0.3) is 0 Å². The number of likely N-dealkylation sites (N-methyl/N-ethyl adjacent to an activating group) is 1. The number of guanidine groups is 1. The minimum absolute atomic E-state index is 0. The van der Waals surface area contributed by atoms with Crippen LogP contribution in [0.3, 0.4) is 0 Å². The van der Waals surface area contributed by atoms with Crippen molar-refractivity contribution >= 4 is 29.9 Å². The molecule has 1 fully saturated rings. The van der Waals surface area contributed by atoms with E-state index in [-0.39, 0.29) is 24.0 Å². The largest absolute Gasteiger partial charge is 0.357 e. The summed E-state index contributed by atoms with van der Waals surface area (Å²) in [5.41, 5.74) is 0. The van der Waals surface area contributed by atoms with Crippen molar-refractivity contribution in [3.63, 3.8) is 0 Å². The average Bonchev–Trinajstić information content (AvgIpc) is 2.55. The van der Waals surface area contributed by atoms with Gasteiger partial charge in [0.05, 0.1) is 6.54 Å². The van der Waals surface area contributed by atoms with Crippen molar-refractivity contribution in [3.05, 3.63) is 0 Å². The second-order valence-electron chi connectivity index (χ2n) is 7.41. The summed E-state index contributed by atoms with van der Waals surface area (Å²) in [6.07, 6.45) is 3.80. The Balaban J connectivity index is 0.00000576. The summed E-state index contributed by atoms with van der Waals surface area (Å²) in [4.78, 5) is 9.82. The number of aliphatic imine (C=N–C) groups is 1. The monoisotopic (exact) mass is 467 g/mol. The first-order valence-electron chi connectivity index (χ1n) is 10.0. The Hall–Kier alpha value is -0.0800. The van der Waals surface area contributed by atoms with E-state index in [0.717, 1.165) is 31.5 Å². The number of rotatable bonds is 10. The summed E-state index contributed by atoms with van der Waals surface area (Å²) >= 11 is 0. The first-order chi connectivity index (χ1) is 11.5. The molecule has 1 rings (SSSR count). The fraction of sp³-hybridized carbons (Fsp3) is 0.947. The lowest BCUT2D eigenvalue weighted by Crippen LogP contribution is -2.47. The summed E-state index contributed by atoms with van der Waals surface area (Å²) in [5, 5.41) is 6.94. The van der Waals surface area contributed by atoms with Gasteiger partial charge in [-0.05, 0) is 32.7 Å². The van der Waals surface area contributed by atoms with E-state index >= 15 is 0 Å². The molecule has 0 saturated carbocycles. The molecule has 150 valence electrons. The number of hydrogen-bond acceptors (Lipinski definition) is 3. The Bertz CT molecular complexity index is 341. The van der Waals surface area contributed by atoms with Gasteiger partial charge in [0.15, 0.2) is 5.96 Å². The summed E-state index contributed by atoms with van der Waals surface area (Å²) in [6, 6.07) is 0.481. The van der Waals surface area contributed by atoms with Gasteiger partial charge in [0.25, 0.3) is 0 Å². The smallest absolute Gasteiger partial charge is 0.191 e. The van der Waals surface area contributed by atoms with Crippen molar-refractivity contribution in [2.75, 3.05) is 52.4 Å². The minimum atomic E-state index is 0. The molecule has 0 radical (unpaired) electrons. The number of halogens is 1. The highest BCUT2D eigenvalue weighted by Crippen LogP contribution is 2.08. The van der Waals surface area contributed by atoms with Crippen molar-refractivity contribution in [2.24, 2.45) is 10.9 Å². The predicted molar refractivity (Wildman–Crippen MR) is 121 cm³/mol. The molecular formula is C19H42IN5. The van der Waals surface area contributed by atoms with E-state index in [1.807, 2.05) is 0 Å². The van der Waals surface area contributed by atoms with E-state index in [9.17, 15) is 0 Å². The Morgan fingerprint density at radius 3 is 2.20 bits per heavy atom. The zero-order valence-corrected chi connectivity index (χ0v) is 19.5. The summed E-state index contributed by atoms with van der Waals surface area (Å²) in [5.74, 6) is 1.77. The van der Waals surface area contributed by atoms with Crippen LogP contribution in [0, 0.1) is 5.92 Å². The lowest BCUT2D eigenvalue weighted by molar-refractivity contribution is 0.140. The second-order valence-corrected chi connectivity index (χ2v) is 7.41. The molecule has 0 aromatic rings. The van der Waals surface area contributed by atoms with Gasteiger partial charge in [0, 0.05) is 45.3 Å². The van der Waals surface area contributed by atoms with Gasteiger partial charge in [-0.25, -0.2) is 0 Å². The van der Waals surface area contributed by atoms with E-state index in [1.54, 1.807) is 0 Å². The van der Waals surface area contributed by atoms with Crippen molar-refractivity contribution in [2.45, 2.75) is 59.9 Å². The van der Waals surface area contributed by atoms with E-state index in [4.69, 9.17) is 4.99 Å². The molecule has 1 aliphatic heterocycles. The maximum atomic E-state index is 4.77. The molecule has 0 aliphatic carbocycles. The van der Waals surface area contributed by atoms with Gasteiger partial charge < -0.3 is 15.5 Å². The van der Waals surface area contributed by atoms with Crippen LogP contribution in [0.2, 0.25) is 0 Å². The first kappa shape index (κ1) is 24.9. The Morgan fingerprint density at radius 1 is 1.00 bits per heavy atom. The fourth-order valence-corrected chi connectivity index (χ4v) is 3.09. The molecule has 1 atom stereocenters. The van der Waals surface area contributed by atoms with Gasteiger partial charge in [-0.2, -0.15) is 0 Å². The van der Waals surface area contributed by atoms with Crippen LogP contribution >= 0.6 is 24.0 Å². The van der Waals surface area contributed by atoms with E-state index < -0.39 is 0 Å². The topological polar surface area (TPSA) is 42.9 Å². The standard InChI is InChI=1S/C19H41N5.HI/c1-6-20-19(22-18(5)10-8-9-17(3)4)21-11-12-24-15-13-23(7-2)14-16-24;/h17-18H,6-16H2,1-5H3,(H2,20,21,22);1H. The number of nitrogens with one attached hydrogen (secondary N) is 2. The Morgan fingerprint density at radius 2 is 1.64 bits per heavy atom. The molecule has 1 unspecified atom stereocenters. The van der Waals surface area contributed by atoms with Crippen molar-refractivity contribution in [3.8, 4) is 0 Å². The predicted octanol–water partition coefficient (Wildman–Crippen LogP) is 3.01. The number of hydrogen-bond donors (Lipinski definition) is 2. The quantitative estimate of drug-likeness (QED) is 0.295. The molecule has 1 saturated heterocycles. The van der Waals surface area contributed by atoms with Crippen molar-refractivity contribution in [1.82, 2.24) is 20.4 Å². The zero-order valence-electron chi connectivity index (χ0n) is 17.2. The fourth-order valence-electron chi connectivity index (χ4n) is 3.09. The molecule has 0 amide bonds. The molecule has 6 heteroatoms. The van der Waals surface area contributed by atoms with Gasteiger partial charge in [-0.3, -0.25) is 9.89 Å². The van der Waals surface area contributed by atoms with Gasteiger partial charge >= 0.3 is 0 Å². The third kappa shape index (κ3) is 12.0. The molecule has 2 N–H and O–H groups in total. The summed E-state index contributed by atoms with van der Waals surface area (Å²) < 4.78 is 0. The molecule has 0 aromatic heterocycles. The van der Waals surface area contributed by atoms with E-state index in [2.05, 4.69) is 55.1 Å². The van der Waals surface area contributed by atoms with Crippen LogP contribution in [-0.4, -0.2) is 74.2 Å². The first-order valence-corrected chi connectivity index (χ1v) is 10.0.